The van der Waals surface area contributed by atoms with Crippen molar-refractivity contribution in [1.29, 1.82) is 5.41 Å². The van der Waals surface area contributed by atoms with E-state index in [1.807, 2.05) is 12.1 Å². The summed E-state index contributed by atoms with van der Waals surface area (Å²) in [6.45, 7) is 0.847. The Morgan fingerprint density at radius 3 is 2.79 bits per heavy atom. The van der Waals surface area contributed by atoms with Crippen LogP contribution in [0.1, 0.15) is 36.1 Å². The van der Waals surface area contributed by atoms with Crippen LogP contribution in [-0.2, 0) is 0 Å². The molecule has 28 heavy (non-hydrogen) atoms. The first-order chi connectivity index (χ1) is 13.6. The van der Waals surface area contributed by atoms with Gasteiger partial charge in [-0.1, -0.05) is 18.2 Å². The van der Waals surface area contributed by atoms with Gasteiger partial charge in [0.25, 0.3) is 0 Å². The van der Waals surface area contributed by atoms with Crippen molar-refractivity contribution in [2.24, 2.45) is 11.7 Å². The first-order valence-electron chi connectivity index (χ1n) is 9.76. The molecule has 0 radical (unpaired) electrons. The summed E-state index contributed by atoms with van der Waals surface area (Å²) in [5, 5.41) is 16.4. The number of hydrogen-bond acceptors (Lipinski definition) is 7. The van der Waals surface area contributed by atoms with E-state index in [2.05, 4.69) is 38.8 Å². The van der Waals surface area contributed by atoms with E-state index in [-0.39, 0.29) is 0 Å². The van der Waals surface area contributed by atoms with Gasteiger partial charge in [-0.25, -0.2) is 4.98 Å². The standard InChI is InChI=1S/C21H26N6S/c1-24-21-26-12-16(19(23)18-10-14-4-2-3-5-17(14)28-18)20(27-21)25-11-13-6-8-15(22)9-7-13/h2-5,10,12-13,15,23H,6-9,11,22H2,1H3,(H2,24,25,26,27). The molecule has 0 spiro atoms. The molecule has 1 saturated carbocycles. The lowest BCUT2D eigenvalue weighted by Gasteiger charge is -2.26. The summed E-state index contributed by atoms with van der Waals surface area (Å²) in [5.41, 5.74) is 7.22. The zero-order valence-electron chi connectivity index (χ0n) is 16.0. The number of hydrogen-bond donors (Lipinski definition) is 4. The number of thiophene rings is 1. The highest BCUT2D eigenvalue weighted by atomic mass is 32.1. The molecule has 3 aromatic rings. The maximum absolute atomic E-state index is 8.77. The van der Waals surface area contributed by atoms with Crippen LogP contribution >= 0.6 is 11.3 Å². The number of benzene rings is 1. The highest BCUT2D eigenvalue weighted by molar-refractivity contribution is 7.21. The minimum atomic E-state index is 0.350. The number of nitrogens with zero attached hydrogens (tertiary/aromatic N) is 2. The highest BCUT2D eigenvalue weighted by Crippen LogP contribution is 2.29. The van der Waals surface area contributed by atoms with Gasteiger partial charge in [0.2, 0.25) is 5.95 Å². The molecule has 2 aromatic heterocycles. The minimum absolute atomic E-state index is 0.350. The van der Waals surface area contributed by atoms with Gasteiger partial charge in [-0.3, -0.25) is 5.41 Å². The third-order valence-corrected chi connectivity index (χ3v) is 6.54. The largest absolute Gasteiger partial charge is 0.369 e. The number of rotatable bonds is 6. The van der Waals surface area contributed by atoms with Crippen LogP contribution in [0, 0.1) is 11.3 Å². The molecule has 5 N–H and O–H groups in total. The fourth-order valence-electron chi connectivity index (χ4n) is 3.69. The van der Waals surface area contributed by atoms with Crippen LogP contribution in [0.15, 0.2) is 36.5 Å². The van der Waals surface area contributed by atoms with Crippen molar-refractivity contribution in [3.8, 4) is 0 Å². The molecule has 1 aliphatic carbocycles. The quantitative estimate of drug-likeness (QED) is 0.472. The second-order valence-electron chi connectivity index (χ2n) is 7.39. The molecular weight excluding hydrogens is 368 g/mol. The molecular formula is C21H26N6S. The number of nitrogens with one attached hydrogen (secondary N) is 3. The third kappa shape index (κ3) is 4.00. The average Bonchev–Trinajstić information content (AvgIpc) is 3.17. The molecule has 0 bridgehead atoms. The molecule has 2 heterocycles. The Hall–Kier alpha value is -2.51. The molecule has 0 saturated heterocycles. The predicted molar refractivity (Wildman–Crippen MR) is 118 cm³/mol. The molecule has 0 aliphatic heterocycles. The lowest BCUT2D eigenvalue weighted by Crippen LogP contribution is -2.29. The van der Waals surface area contributed by atoms with Crippen LogP contribution in [0.25, 0.3) is 10.1 Å². The van der Waals surface area contributed by atoms with Crippen LogP contribution in [0.2, 0.25) is 0 Å². The van der Waals surface area contributed by atoms with E-state index in [1.54, 1.807) is 24.6 Å². The van der Waals surface area contributed by atoms with Gasteiger partial charge < -0.3 is 16.4 Å². The molecule has 6 nitrogen and oxygen atoms in total. The van der Waals surface area contributed by atoms with E-state index in [0.29, 0.717) is 23.6 Å². The van der Waals surface area contributed by atoms with Gasteiger partial charge in [0.1, 0.15) is 5.82 Å². The summed E-state index contributed by atoms with van der Waals surface area (Å²) in [7, 11) is 1.80. The lowest BCUT2D eigenvalue weighted by molar-refractivity contribution is 0.338. The SMILES string of the molecule is CNc1ncc(C(=N)c2cc3ccccc3s2)c(NCC2CCC(N)CC2)n1. The maximum Gasteiger partial charge on any atom is 0.224 e. The number of nitrogens with two attached hydrogens (primary N) is 1. The first-order valence-corrected chi connectivity index (χ1v) is 10.6. The van der Waals surface area contributed by atoms with Crippen molar-refractivity contribution in [3.63, 3.8) is 0 Å². The summed E-state index contributed by atoms with van der Waals surface area (Å²) in [4.78, 5) is 9.87. The van der Waals surface area contributed by atoms with Crippen molar-refractivity contribution < 1.29 is 0 Å². The summed E-state index contributed by atoms with van der Waals surface area (Å²) in [6.07, 6.45) is 6.19. The molecule has 4 rings (SSSR count). The monoisotopic (exact) mass is 394 g/mol. The Bertz CT molecular complexity index is 941. The maximum atomic E-state index is 8.77. The van der Waals surface area contributed by atoms with Crippen LogP contribution in [0.5, 0.6) is 0 Å². The Kier molecular flexibility index (Phi) is 5.54. The number of fused-ring (bicyclic) bond motifs is 1. The Labute approximate surface area is 169 Å². The molecule has 0 amide bonds. The summed E-state index contributed by atoms with van der Waals surface area (Å²) >= 11 is 1.63. The summed E-state index contributed by atoms with van der Waals surface area (Å²) in [5.74, 6) is 1.87. The highest BCUT2D eigenvalue weighted by Gasteiger charge is 2.20. The van der Waals surface area contributed by atoms with E-state index in [0.717, 1.165) is 53.9 Å². The van der Waals surface area contributed by atoms with Crippen LogP contribution in [-0.4, -0.2) is 35.3 Å². The zero-order chi connectivity index (χ0) is 19.5. The van der Waals surface area contributed by atoms with Gasteiger partial charge in [0.15, 0.2) is 0 Å². The second kappa shape index (κ2) is 8.24. The van der Waals surface area contributed by atoms with E-state index in [1.165, 1.54) is 4.70 Å². The van der Waals surface area contributed by atoms with Crippen molar-refractivity contribution >= 4 is 38.9 Å². The molecule has 1 aliphatic rings. The fraction of sp³-hybridized carbons (Fsp3) is 0.381. The van der Waals surface area contributed by atoms with Gasteiger partial charge in [-0.2, -0.15) is 4.98 Å². The average molecular weight is 395 g/mol. The molecule has 7 heteroatoms. The van der Waals surface area contributed by atoms with E-state index in [9.17, 15) is 0 Å². The number of anilines is 2. The van der Waals surface area contributed by atoms with Gasteiger partial charge in [0.05, 0.1) is 16.2 Å². The van der Waals surface area contributed by atoms with Crippen LogP contribution < -0.4 is 16.4 Å². The van der Waals surface area contributed by atoms with E-state index < -0.39 is 0 Å². The normalized spacial score (nSPS) is 19.5. The molecule has 0 atom stereocenters. The van der Waals surface area contributed by atoms with Crippen molar-refractivity contribution in [3.05, 3.63) is 47.0 Å². The molecule has 146 valence electrons. The lowest BCUT2D eigenvalue weighted by atomic mass is 9.86. The summed E-state index contributed by atoms with van der Waals surface area (Å²) in [6, 6.07) is 10.6. The second-order valence-corrected chi connectivity index (χ2v) is 8.47. The van der Waals surface area contributed by atoms with Crippen molar-refractivity contribution in [1.82, 2.24) is 9.97 Å². The van der Waals surface area contributed by atoms with Crippen LogP contribution in [0.3, 0.4) is 0 Å². The molecule has 1 fully saturated rings. The third-order valence-electron chi connectivity index (χ3n) is 5.40. The zero-order valence-corrected chi connectivity index (χ0v) is 16.9. The molecule has 1 aromatic carbocycles. The van der Waals surface area contributed by atoms with Gasteiger partial charge in [-0.15, -0.1) is 11.3 Å². The topological polar surface area (TPSA) is 99.7 Å². The fourth-order valence-corrected chi connectivity index (χ4v) is 4.72. The number of aromatic nitrogens is 2. The predicted octanol–water partition coefficient (Wildman–Crippen LogP) is 4.08. The Balaban J connectivity index is 1.57. The van der Waals surface area contributed by atoms with Gasteiger partial charge in [0, 0.05) is 30.5 Å². The first kappa shape index (κ1) is 18.8. The summed E-state index contributed by atoms with van der Waals surface area (Å²) < 4.78 is 1.18. The minimum Gasteiger partial charge on any atom is -0.369 e. The molecule has 0 unspecified atom stereocenters. The van der Waals surface area contributed by atoms with Crippen molar-refractivity contribution in [2.45, 2.75) is 31.7 Å². The van der Waals surface area contributed by atoms with E-state index >= 15 is 0 Å². The van der Waals surface area contributed by atoms with Gasteiger partial charge in [-0.05, 0) is 49.1 Å². The van der Waals surface area contributed by atoms with Crippen LogP contribution in [0.4, 0.5) is 11.8 Å². The smallest absolute Gasteiger partial charge is 0.224 e. The Morgan fingerprint density at radius 2 is 2.04 bits per heavy atom. The van der Waals surface area contributed by atoms with E-state index in [4.69, 9.17) is 11.1 Å². The van der Waals surface area contributed by atoms with Gasteiger partial charge >= 0.3 is 0 Å². The Morgan fingerprint density at radius 1 is 1.25 bits per heavy atom. The van der Waals surface area contributed by atoms with Crippen molar-refractivity contribution in [2.75, 3.05) is 24.2 Å².